The summed E-state index contributed by atoms with van der Waals surface area (Å²) in [6, 6.07) is 4.70. The van der Waals surface area contributed by atoms with Crippen LogP contribution in [-0.2, 0) is 0 Å². The maximum atomic E-state index is 12.1. The zero-order chi connectivity index (χ0) is 13.1. The van der Waals surface area contributed by atoms with Crippen LogP contribution in [-0.4, -0.2) is 30.0 Å². The molecule has 1 saturated heterocycles. The lowest BCUT2D eigenvalue weighted by molar-refractivity contribution is -0.385. The van der Waals surface area contributed by atoms with Gasteiger partial charge in [0.15, 0.2) is 0 Å². The molecule has 0 radical (unpaired) electrons. The molecule has 6 heteroatoms. The number of nitrogens with zero attached hydrogens (tertiary/aromatic N) is 1. The highest BCUT2D eigenvalue weighted by atomic mass is 16.6. The molecule has 2 rings (SSSR count). The zero-order valence-corrected chi connectivity index (χ0v) is 10.1. The van der Waals surface area contributed by atoms with E-state index in [2.05, 4.69) is 10.6 Å². The molecule has 0 unspecified atom stereocenters. The third kappa shape index (κ3) is 2.48. The van der Waals surface area contributed by atoms with Crippen LogP contribution in [0.5, 0.6) is 0 Å². The molecule has 1 aromatic rings. The molecule has 1 heterocycles. The molecule has 2 N–H and O–H groups in total. The Bertz CT molecular complexity index is 481. The van der Waals surface area contributed by atoms with E-state index in [1.807, 2.05) is 0 Å². The van der Waals surface area contributed by atoms with Gasteiger partial charge in [-0.1, -0.05) is 12.1 Å². The number of carbonyl (C=O) groups excluding carboxylic acids is 1. The first-order valence-corrected chi connectivity index (χ1v) is 5.85. The number of aryl methyl sites for hydroxylation is 1. The van der Waals surface area contributed by atoms with Crippen LogP contribution in [0.15, 0.2) is 18.2 Å². The predicted molar refractivity (Wildman–Crippen MR) is 66.6 cm³/mol. The van der Waals surface area contributed by atoms with Crippen molar-refractivity contribution in [1.29, 1.82) is 0 Å². The van der Waals surface area contributed by atoms with Gasteiger partial charge in [-0.15, -0.1) is 0 Å². The van der Waals surface area contributed by atoms with Gasteiger partial charge < -0.3 is 10.6 Å². The highest BCUT2D eigenvalue weighted by Gasteiger charge is 2.25. The highest BCUT2D eigenvalue weighted by Crippen LogP contribution is 2.21. The lowest BCUT2D eigenvalue weighted by Crippen LogP contribution is -2.36. The Morgan fingerprint density at radius 3 is 2.94 bits per heavy atom. The quantitative estimate of drug-likeness (QED) is 0.618. The molecule has 1 amide bonds. The molecule has 1 aliphatic rings. The molecule has 1 fully saturated rings. The SMILES string of the molecule is Cc1cccc([N+](=O)[O-])c1C(=O)N[C@@H]1CCNC1. The molecule has 96 valence electrons. The Labute approximate surface area is 105 Å². The summed E-state index contributed by atoms with van der Waals surface area (Å²) in [7, 11) is 0. The molecule has 1 atom stereocenters. The van der Waals surface area contributed by atoms with Crippen LogP contribution in [0.3, 0.4) is 0 Å². The van der Waals surface area contributed by atoms with Gasteiger partial charge >= 0.3 is 0 Å². The van der Waals surface area contributed by atoms with E-state index in [0.29, 0.717) is 12.1 Å². The molecule has 0 bridgehead atoms. The van der Waals surface area contributed by atoms with Crippen LogP contribution in [0.2, 0.25) is 0 Å². The summed E-state index contributed by atoms with van der Waals surface area (Å²) in [4.78, 5) is 22.5. The first kappa shape index (κ1) is 12.5. The summed E-state index contributed by atoms with van der Waals surface area (Å²) in [5.74, 6) is -0.367. The highest BCUT2D eigenvalue weighted by molar-refractivity contribution is 5.99. The van der Waals surface area contributed by atoms with Crippen molar-refractivity contribution in [3.63, 3.8) is 0 Å². The van der Waals surface area contributed by atoms with Crippen molar-refractivity contribution in [3.8, 4) is 0 Å². The number of carbonyl (C=O) groups is 1. The minimum Gasteiger partial charge on any atom is -0.348 e. The fourth-order valence-corrected chi connectivity index (χ4v) is 2.14. The normalized spacial score (nSPS) is 18.6. The van der Waals surface area contributed by atoms with Gasteiger partial charge in [0.05, 0.1) is 4.92 Å². The molecule has 0 spiro atoms. The van der Waals surface area contributed by atoms with Crippen LogP contribution in [0.25, 0.3) is 0 Å². The van der Waals surface area contributed by atoms with Gasteiger partial charge in [0.1, 0.15) is 5.56 Å². The molecule has 1 aliphatic heterocycles. The van der Waals surface area contributed by atoms with Crippen molar-refractivity contribution in [1.82, 2.24) is 10.6 Å². The molecule has 0 aliphatic carbocycles. The molecular formula is C12H15N3O3. The van der Waals surface area contributed by atoms with Crippen molar-refractivity contribution in [2.24, 2.45) is 0 Å². The summed E-state index contributed by atoms with van der Waals surface area (Å²) in [6.45, 7) is 3.28. The number of hydrogen-bond donors (Lipinski definition) is 2. The van der Waals surface area contributed by atoms with E-state index in [0.717, 1.165) is 13.0 Å². The largest absolute Gasteiger partial charge is 0.348 e. The van der Waals surface area contributed by atoms with Gasteiger partial charge in [-0.3, -0.25) is 14.9 Å². The maximum Gasteiger partial charge on any atom is 0.282 e. The Balaban J connectivity index is 2.25. The minimum absolute atomic E-state index is 0.0525. The lowest BCUT2D eigenvalue weighted by Gasteiger charge is -2.12. The maximum absolute atomic E-state index is 12.1. The van der Waals surface area contributed by atoms with Gasteiger partial charge in [-0.2, -0.15) is 0 Å². The van der Waals surface area contributed by atoms with E-state index in [9.17, 15) is 14.9 Å². The average molecular weight is 249 g/mol. The van der Waals surface area contributed by atoms with E-state index in [-0.39, 0.29) is 23.2 Å². The number of nitro groups is 1. The fourth-order valence-electron chi connectivity index (χ4n) is 2.14. The molecule has 0 aromatic heterocycles. The summed E-state index contributed by atoms with van der Waals surface area (Å²) in [5, 5.41) is 16.9. The summed E-state index contributed by atoms with van der Waals surface area (Å²) >= 11 is 0. The lowest BCUT2D eigenvalue weighted by atomic mass is 10.1. The Morgan fingerprint density at radius 1 is 1.56 bits per heavy atom. The van der Waals surface area contributed by atoms with Crippen LogP contribution >= 0.6 is 0 Å². The van der Waals surface area contributed by atoms with Gasteiger partial charge in [0, 0.05) is 18.7 Å². The Morgan fingerprint density at radius 2 is 2.33 bits per heavy atom. The number of nitrogens with one attached hydrogen (secondary N) is 2. The number of hydrogen-bond acceptors (Lipinski definition) is 4. The molecule has 6 nitrogen and oxygen atoms in total. The molecular weight excluding hydrogens is 234 g/mol. The van der Waals surface area contributed by atoms with Gasteiger partial charge in [-0.25, -0.2) is 0 Å². The van der Waals surface area contributed by atoms with E-state index in [4.69, 9.17) is 0 Å². The molecule has 1 aromatic carbocycles. The van der Waals surface area contributed by atoms with E-state index in [1.165, 1.54) is 6.07 Å². The van der Waals surface area contributed by atoms with Gasteiger partial charge in [0.25, 0.3) is 11.6 Å². The van der Waals surface area contributed by atoms with Crippen molar-refractivity contribution in [2.75, 3.05) is 13.1 Å². The van der Waals surface area contributed by atoms with E-state index >= 15 is 0 Å². The van der Waals surface area contributed by atoms with Crippen molar-refractivity contribution in [3.05, 3.63) is 39.4 Å². The Hall–Kier alpha value is -1.95. The van der Waals surface area contributed by atoms with Crippen LogP contribution < -0.4 is 10.6 Å². The Kier molecular flexibility index (Phi) is 3.57. The van der Waals surface area contributed by atoms with E-state index < -0.39 is 4.92 Å². The van der Waals surface area contributed by atoms with Gasteiger partial charge in [0.2, 0.25) is 0 Å². The standard InChI is InChI=1S/C12H15N3O3/c1-8-3-2-4-10(15(17)18)11(8)12(16)14-9-5-6-13-7-9/h2-4,9,13H,5-7H2,1H3,(H,14,16)/t9-/m1/s1. The van der Waals surface area contributed by atoms with Crippen molar-refractivity contribution >= 4 is 11.6 Å². The zero-order valence-electron chi connectivity index (χ0n) is 10.1. The van der Waals surface area contributed by atoms with Crippen LogP contribution in [0.4, 0.5) is 5.69 Å². The second kappa shape index (κ2) is 5.14. The molecule has 0 saturated carbocycles. The number of rotatable bonds is 3. The first-order chi connectivity index (χ1) is 8.59. The second-order valence-electron chi connectivity index (χ2n) is 4.39. The van der Waals surface area contributed by atoms with Crippen molar-refractivity contribution in [2.45, 2.75) is 19.4 Å². The summed E-state index contributed by atoms with van der Waals surface area (Å²) < 4.78 is 0. The topological polar surface area (TPSA) is 84.3 Å². The second-order valence-corrected chi connectivity index (χ2v) is 4.39. The number of benzene rings is 1. The van der Waals surface area contributed by atoms with Crippen LogP contribution in [0, 0.1) is 17.0 Å². The number of amides is 1. The summed E-state index contributed by atoms with van der Waals surface area (Å²) in [6.07, 6.45) is 0.853. The first-order valence-electron chi connectivity index (χ1n) is 5.85. The molecule has 18 heavy (non-hydrogen) atoms. The third-order valence-electron chi connectivity index (χ3n) is 3.07. The van der Waals surface area contributed by atoms with E-state index in [1.54, 1.807) is 19.1 Å². The average Bonchev–Trinajstić information content (AvgIpc) is 2.81. The van der Waals surface area contributed by atoms with Crippen LogP contribution in [0.1, 0.15) is 22.3 Å². The summed E-state index contributed by atoms with van der Waals surface area (Å²) in [5.41, 5.74) is 0.639. The fraction of sp³-hybridized carbons (Fsp3) is 0.417. The number of nitro benzene ring substituents is 1. The minimum atomic E-state index is -0.519. The van der Waals surface area contributed by atoms with Crippen molar-refractivity contribution < 1.29 is 9.72 Å². The monoisotopic (exact) mass is 249 g/mol. The predicted octanol–water partition coefficient (Wildman–Crippen LogP) is 0.995. The third-order valence-corrected chi connectivity index (χ3v) is 3.07. The van der Waals surface area contributed by atoms with Gasteiger partial charge in [-0.05, 0) is 25.5 Å². The smallest absolute Gasteiger partial charge is 0.282 e.